The zero-order chi connectivity index (χ0) is 14.0. The number of likely N-dealkylation sites (N-methyl/N-ethyl adjacent to an activating group) is 1. The molecule has 1 N–H and O–H groups in total. The highest BCUT2D eigenvalue weighted by molar-refractivity contribution is 5.81. The van der Waals surface area contributed by atoms with E-state index < -0.39 is 0 Å². The summed E-state index contributed by atoms with van der Waals surface area (Å²) < 4.78 is 10.8. The first-order valence-corrected chi connectivity index (χ1v) is 6.85. The Morgan fingerprint density at radius 3 is 2.00 bits per heavy atom. The van der Waals surface area contributed by atoms with Gasteiger partial charge in [0.2, 0.25) is 5.91 Å². The number of hydrogen-bond donors (Lipinski definition) is 1. The van der Waals surface area contributed by atoms with Crippen LogP contribution in [0.15, 0.2) is 0 Å². The SMILES string of the molecule is CCOC(CNC(C)C(=O)N(CC)CC)OCC. The van der Waals surface area contributed by atoms with Gasteiger partial charge in [0, 0.05) is 32.8 Å². The molecule has 0 rings (SSSR count). The summed E-state index contributed by atoms with van der Waals surface area (Å²) in [7, 11) is 0. The molecule has 0 bridgehead atoms. The summed E-state index contributed by atoms with van der Waals surface area (Å²) in [6, 6.07) is -0.215. The molecule has 5 nitrogen and oxygen atoms in total. The fourth-order valence-electron chi connectivity index (χ4n) is 1.71. The Kier molecular flexibility index (Phi) is 9.92. The molecule has 108 valence electrons. The molecular formula is C13H28N2O3. The van der Waals surface area contributed by atoms with Crippen LogP contribution in [-0.2, 0) is 14.3 Å². The summed E-state index contributed by atoms with van der Waals surface area (Å²) in [5.74, 6) is 0.117. The molecule has 0 aliphatic heterocycles. The summed E-state index contributed by atoms with van der Waals surface area (Å²) >= 11 is 0. The second kappa shape index (κ2) is 10.3. The average Bonchev–Trinajstić information content (AvgIpc) is 2.37. The predicted octanol–water partition coefficient (Wildman–Crippen LogP) is 1.23. The van der Waals surface area contributed by atoms with Crippen molar-refractivity contribution in [3.05, 3.63) is 0 Å². The van der Waals surface area contributed by atoms with Gasteiger partial charge in [-0.3, -0.25) is 4.79 Å². The lowest BCUT2D eigenvalue weighted by Crippen LogP contribution is -2.47. The minimum atomic E-state index is -0.285. The molecule has 0 saturated heterocycles. The molecule has 0 aromatic carbocycles. The van der Waals surface area contributed by atoms with E-state index in [1.54, 1.807) is 0 Å². The Bertz CT molecular complexity index is 214. The van der Waals surface area contributed by atoms with Gasteiger partial charge < -0.3 is 19.7 Å². The van der Waals surface area contributed by atoms with Gasteiger partial charge in [0.1, 0.15) is 0 Å². The fourth-order valence-corrected chi connectivity index (χ4v) is 1.71. The average molecular weight is 260 g/mol. The van der Waals surface area contributed by atoms with Crippen LogP contribution in [0.3, 0.4) is 0 Å². The maximum Gasteiger partial charge on any atom is 0.239 e. The Morgan fingerprint density at radius 1 is 1.11 bits per heavy atom. The maximum absolute atomic E-state index is 12.0. The molecule has 0 aromatic heterocycles. The van der Waals surface area contributed by atoms with E-state index >= 15 is 0 Å². The van der Waals surface area contributed by atoms with E-state index in [0.717, 1.165) is 13.1 Å². The quantitative estimate of drug-likeness (QED) is 0.600. The molecule has 0 aromatic rings. The van der Waals surface area contributed by atoms with Gasteiger partial charge in [-0.05, 0) is 34.6 Å². The topological polar surface area (TPSA) is 50.8 Å². The van der Waals surface area contributed by atoms with Crippen LogP contribution in [0.2, 0.25) is 0 Å². The van der Waals surface area contributed by atoms with Crippen LogP contribution in [0.25, 0.3) is 0 Å². The first-order valence-electron chi connectivity index (χ1n) is 6.85. The molecule has 1 unspecified atom stereocenters. The highest BCUT2D eigenvalue weighted by atomic mass is 16.7. The van der Waals surface area contributed by atoms with Crippen molar-refractivity contribution in [2.75, 3.05) is 32.8 Å². The van der Waals surface area contributed by atoms with Crippen LogP contribution >= 0.6 is 0 Å². The van der Waals surface area contributed by atoms with E-state index in [1.165, 1.54) is 0 Å². The Morgan fingerprint density at radius 2 is 1.61 bits per heavy atom. The molecule has 0 heterocycles. The molecule has 18 heavy (non-hydrogen) atoms. The van der Waals surface area contributed by atoms with Crippen molar-refractivity contribution in [2.24, 2.45) is 0 Å². The van der Waals surface area contributed by atoms with E-state index in [-0.39, 0.29) is 18.2 Å². The largest absolute Gasteiger partial charge is 0.352 e. The van der Waals surface area contributed by atoms with Crippen molar-refractivity contribution in [1.82, 2.24) is 10.2 Å². The Labute approximate surface area is 111 Å². The second-order valence-corrected chi connectivity index (χ2v) is 3.98. The molecule has 1 atom stereocenters. The van der Waals surface area contributed by atoms with E-state index in [9.17, 15) is 4.79 Å². The summed E-state index contributed by atoms with van der Waals surface area (Å²) in [6.07, 6.45) is -0.285. The number of rotatable bonds is 10. The molecule has 0 spiro atoms. The van der Waals surface area contributed by atoms with Crippen LogP contribution in [0.1, 0.15) is 34.6 Å². The van der Waals surface area contributed by atoms with Crippen molar-refractivity contribution >= 4 is 5.91 Å². The lowest BCUT2D eigenvalue weighted by molar-refractivity contribution is -0.139. The normalized spacial score (nSPS) is 12.8. The standard InChI is InChI=1S/C13H28N2O3/c1-6-15(7-2)13(16)11(5)14-10-12(17-8-3)18-9-4/h11-12,14H,6-10H2,1-5H3. The number of hydrogen-bond acceptors (Lipinski definition) is 4. The lowest BCUT2D eigenvalue weighted by atomic mass is 10.2. The van der Waals surface area contributed by atoms with Crippen molar-refractivity contribution in [3.8, 4) is 0 Å². The van der Waals surface area contributed by atoms with Gasteiger partial charge in [0.25, 0.3) is 0 Å². The smallest absolute Gasteiger partial charge is 0.239 e. The van der Waals surface area contributed by atoms with Gasteiger partial charge in [-0.2, -0.15) is 0 Å². The summed E-state index contributed by atoms with van der Waals surface area (Å²) in [5.41, 5.74) is 0. The molecule has 0 aliphatic rings. The number of ether oxygens (including phenoxy) is 2. The number of nitrogens with zero attached hydrogens (tertiary/aromatic N) is 1. The molecule has 0 saturated carbocycles. The fraction of sp³-hybridized carbons (Fsp3) is 0.923. The third-order valence-corrected chi connectivity index (χ3v) is 2.74. The van der Waals surface area contributed by atoms with Crippen molar-refractivity contribution < 1.29 is 14.3 Å². The van der Waals surface area contributed by atoms with Crippen molar-refractivity contribution in [2.45, 2.75) is 47.0 Å². The monoisotopic (exact) mass is 260 g/mol. The Balaban J connectivity index is 4.12. The minimum absolute atomic E-state index is 0.117. The highest BCUT2D eigenvalue weighted by Gasteiger charge is 2.19. The third-order valence-electron chi connectivity index (χ3n) is 2.74. The highest BCUT2D eigenvalue weighted by Crippen LogP contribution is 1.98. The third kappa shape index (κ3) is 6.33. The number of nitrogens with one attached hydrogen (secondary N) is 1. The Hall–Kier alpha value is -0.650. The molecule has 1 amide bonds. The molecule has 0 fully saturated rings. The van der Waals surface area contributed by atoms with Crippen LogP contribution in [0.5, 0.6) is 0 Å². The van der Waals surface area contributed by atoms with Gasteiger partial charge >= 0.3 is 0 Å². The van der Waals surface area contributed by atoms with Crippen LogP contribution in [0, 0.1) is 0 Å². The maximum atomic E-state index is 12.0. The van der Waals surface area contributed by atoms with Crippen molar-refractivity contribution in [1.29, 1.82) is 0 Å². The van der Waals surface area contributed by atoms with E-state index in [0.29, 0.717) is 19.8 Å². The van der Waals surface area contributed by atoms with Crippen molar-refractivity contribution in [3.63, 3.8) is 0 Å². The summed E-state index contributed by atoms with van der Waals surface area (Å²) in [5, 5.41) is 3.16. The van der Waals surface area contributed by atoms with E-state index in [2.05, 4.69) is 5.32 Å². The zero-order valence-corrected chi connectivity index (χ0v) is 12.4. The minimum Gasteiger partial charge on any atom is -0.352 e. The summed E-state index contributed by atoms with van der Waals surface area (Å²) in [4.78, 5) is 13.8. The first-order chi connectivity index (χ1) is 8.60. The van der Waals surface area contributed by atoms with Gasteiger partial charge in [0.15, 0.2) is 6.29 Å². The molecule has 0 radical (unpaired) electrons. The number of carbonyl (C=O) groups is 1. The second-order valence-electron chi connectivity index (χ2n) is 3.98. The van der Waals surface area contributed by atoms with Crippen LogP contribution in [0.4, 0.5) is 0 Å². The molecular weight excluding hydrogens is 232 g/mol. The van der Waals surface area contributed by atoms with E-state index in [4.69, 9.17) is 9.47 Å². The predicted molar refractivity (Wildman–Crippen MR) is 72.4 cm³/mol. The van der Waals surface area contributed by atoms with Gasteiger partial charge in [-0.1, -0.05) is 0 Å². The molecule has 5 heteroatoms. The van der Waals surface area contributed by atoms with Crippen LogP contribution < -0.4 is 5.32 Å². The molecule has 0 aliphatic carbocycles. The van der Waals surface area contributed by atoms with Gasteiger partial charge in [0.05, 0.1) is 6.04 Å². The van der Waals surface area contributed by atoms with Gasteiger partial charge in [-0.15, -0.1) is 0 Å². The first kappa shape index (κ1) is 17.4. The zero-order valence-electron chi connectivity index (χ0n) is 12.4. The summed E-state index contributed by atoms with van der Waals surface area (Å²) in [6.45, 7) is 12.9. The van der Waals surface area contributed by atoms with Crippen LogP contribution in [-0.4, -0.2) is 56.0 Å². The van der Waals surface area contributed by atoms with Gasteiger partial charge in [-0.25, -0.2) is 0 Å². The lowest BCUT2D eigenvalue weighted by Gasteiger charge is -2.25. The number of carbonyl (C=O) groups excluding carboxylic acids is 1. The number of amides is 1. The van der Waals surface area contributed by atoms with E-state index in [1.807, 2.05) is 39.5 Å².